The Labute approximate surface area is 179 Å². The van der Waals surface area contributed by atoms with Gasteiger partial charge in [-0.3, -0.25) is 9.79 Å². The van der Waals surface area contributed by atoms with Crippen molar-refractivity contribution < 1.29 is 4.79 Å². The van der Waals surface area contributed by atoms with Crippen LogP contribution in [0.15, 0.2) is 29.8 Å². The molecule has 3 rings (SSSR count). The number of carbonyl (C=O) groups excluding carboxylic acids is 1. The third kappa shape index (κ3) is 6.09. The zero-order valence-corrected chi connectivity index (χ0v) is 18.7. The summed E-state index contributed by atoms with van der Waals surface area (Å²) >= 11 is 0. The second kappa shape index (κ2) is 11.2. The van der Waals surface area contributed by atoms with Crippen LogP contribution in [0.1, 0.15) is 70.6 Å². The lowest BCUT2D eigenvalue weighted by Crippen LogP contribution is -2.40. The molecule has 1 aliphatic carbocycles. The van der Waals surface area contributed by atoms with Crippen molar-refractivity contribution in [1.29, 1.82) is 0 Å². The summed E-state index contributed by atoms with van der Waals surface area (Å²) in [6, 6.07) is 0. The van der Waals surface area contributed by atoms with Crippen LogP contribution in [0, 0.1) is 23.7 Å². The van der Waals surface area contributed by atoms with E-state index in [0.29, 0.717) is 24.1 Å². The fraction of sp³-hybridized carbons (Fsp3) is 0.760. The van der Waals surface area contributed by atoms with Gasteiger partial charge in [0.2, 0.25) is 5.91 Å². The largest absolute Gasteiger partial charge is 0.343 e. The molecule has 0 N–H and O–H groups in total. The third-order valence-electron chi connectivity index (χ3n) is 7.84. The Morgan fingerprint density at radius 1 is 1.03 bits per heavy atom. The number of piperidine rings is 1. The topological polar surface area (TPSA) is 32.7 Å². The fourth-order valence-electron chi connectivity index (χ4n) is 5.86. The molecule has 0 bridgehead atoms. The van der Waals surface area contributed by atoms with Crippen molar-refractivity contribution in [3.8, 4) is 0 Å². The monoisotopic (exact) mass is 396 g/mol. The van der Waals surface area contributed by atoms with E-state index in [0.717, 1.165) is 43.5 Å². The van der Waals surface area contributed by atoms with Gasteiger partial charge in [0.15, 0.2) is 0 Å². The minimum Gasteiger partial charge on any atom is -0.343 e. The Bertz CT molecular complexity index is 606. The second-order valence-electron chi connectivity index (χ2n) is 9.61. The van der Waals surface area contributed by atoms with E-state index >= 15 is 0 Å². The molecule has 1 amide bonds. The maximum absolute atomic E-state index is 12.0. The van der Waals surface area contributed by atoms with Gasteiger partial charge in [-0.2, -0.15) is 0 Å². The SMILES string of the molecule is BCC(=O)N1CCC(C2CCCCCC(C3=NCC(C(=C)C=C)C3)CCC2)CC1. The lowest BCUT2D eigenvalue weighted by molar-refractivity contribution is -0.130. The number of amides is 1. The summed E-state index contributed by atoms with van der Waals surface area (Å²) in [6.45, 7) is 11.0. The van der Waals surface area contributed by atoms with Crippen LogP contribution in [-0.2, 0) is 4.79 Å². The van der Waals surface area contributed by atoms with E-state index < -0.39 is 0 Å². The highest BCUT2D eigenvalue weighted by molar-refractivity contribution is 6.19. The number of hydrogen-bond acceptors (Lipinski definition) is 2. The Balaban J connectivity index is 1.50. The summed E-state index contributed by atoms with van der Waals surface area (Å²) < 4.78 is 0. The van der Waals surface area contributed by atoms with E-state index in [4.69, 9.17) is 4.99 Å². The first-order valence-electron chi connectivity index (χ1n) is 12.2. The second-order valence-corrected chi connectivity index (χ2v) is 9.61. The third-order valence-corrected chi connectivity index (χ3v) is 7.84. The Morgan fingerprint density at radius 2 is 1.69 bits per heavy atom. The van der Waals surface area contributed by atoms with Crippen molar-refractivity contribution in [2.24, 2.45) is 28.7 Å². The molecule has 1 saturated heterocycles. The standard InChI is InChI=1S/C25H41BN2O/c1-3-19(2)23-16-24(27-18-23)22-9-6-4-5-8-20(10-7-11-22)21-12-14-28(15-13-21)25(29)17-26/h3,20-23H,1-2,4-18,26H2. The lowest BCUT2D eigenvalue weighted by Gasteiger charge is -2.37. The molecule has 2 heterocycles. The molecular formula is C25H41BN2O. The van der Waals surface area contributed by atoms with Crippen molar-refractivity contribution >= 4 is 19.5 Å². The first kappa shape index (κ1) is 22.4. The number of likely N-dealkylation sites (tertiary alicyclic amines) is 1. The van der Waals surface area contributed by atoms with E-state index in [-0.39, 0.29) is 0 Å². The maximum atomic E-state index is 12.0. The van der Waals surface area contributed by atoms with Gasteiger partial charge < -0.3 is 4.90 Å². The predicted octanol–water partition coefficient (Wildman–Crippen LogP) is 4.85. The van der Waals surface area contributed by atoms with Gasteiger partial charge in [-0.1, -0.05) is 63.3 Å². The Morgan fingerprint density at radius 3 is 2.41 bits per heavy atom. The molecule has 2 fully saturated rings. The van der Waals surface area contributed by atoms with E-state index in [1.54, 1.807) is 0 Å². The summed E-state index contributed by atoms with van der Waals surface area (Å²) in [6.07, 6.45) is 17.0. The first-order valence-corrected chi connectivity index (χ1v) is 12.2. The molecular weight excluding hydrogens is 355 g/mol. The minimum atomic E-state index is 0.340. The average molecular weight is 396 g/mol. The number of nitrogens with zero attached hydrogens (tertiary/aromatic N) is 2. The molecule has 3 nitrogen and oxygen atoms in total. The van der Waals surface area contributed by atoms with Gasteiger partial charge in [-0.15, -0.1) is 0 Å². The van der Waals surface area contributed by atoms with Gasteiger partial charge in [-0.25, -0.2) is 0 Å². The molecule has 160 valence electrons. The van der Waals surface area contributed by atoms with E-state index in [1.807, 2.05) is 13.9 Å². The van der Waals surface area contributed by atoms with Crippen LogP contribution >= 0.6 is 0 Å². The number of hydrogen-bond donors (Lipinski definition) is 0. The Kier molecular flexibility index (Phi) is 8.62. The first-order chi connectivity index (χ1) is 14.1. The van der Waals surface area contributed by atoms with Crippen molar-refractivity contribution in [3.05, 3.63) is 24.8 Å². The van der Waals surface area contributed by atoms with Crippen LogP contribution in [0.3, 0.4) is 0 Å². The average Bonchev–Trinajstić information content (AvgIpc) is 3.26. The van der Waals surface area contributed by atoms with Crippen molar-refractivity contribution in [1.82, 2.24) is 4.90 Å². The van der Waals surface area contributed by atoms with Crippen molar-refractivity contribution in [3.63, 3.8) is 0 Å². The summed E-state index contributed by atoms with van der Waals surface area (Å²) in [5.41, 5.74) is 2.64. The number of rotatable bonds is 5. The van der Waals surface area contributed by atoms with Crippen molar-refractivity contribution in [2.45, 2.75) is 76.9 Å². The van der Waals surface area contributed by atoms with Gasteiger partial charge in [0.1, 0.15) is 7.85 Å². The van der Waals surface area contributed by atoms with Gasteiger partial charge >= 0.3 is 0 Å². The summed E-state index contributed by atoms with van der Waals surface area (Å²) in [5, 5.41) is 0. The number of allylic oxidation sites excluding steroid dienone is 1. The van der Waals surface area contributed by atoms with E-state index in [9.17, 15) is 4.79 Å². The van der Waals surface area contributed by atoms with E-state index in [2.05, 4.69) is 18.1 Å². The molecule has 3 aliphatic rings. The van der Waals surface area contributed by atoms with Gasteiger partial charge in [0, 0.05) is 31.3 Å². The van der Waals surface area contributed by atoms with Crippen LogP contribution < -0.4 is 0 Å². The highest BCUT2D eigenvalue weighted by Crippen LogP contribution is 2.36. The molecule has 29 heavy (non-hydrogen) atoms. The lowest BCUT2D eigenvalue weighted by atomic mass is 9.76. The van der Waals surface area contributed by atoms with Crippen LogP contribution in [0.25, 0.3) is 0 Å². The highest BCUT2D eigenvalue weighted by Gasteiger charge is 2.30. The minimum absolute atomic E-state index is 0.340. The smallest absolute Gasteiger partial charge is 0.214 e. The van der Waals surface area contributed by atoms with Gasteiger partial charge in [-0.05, 0) is 56.2 Å². The van der Waals surface area contributed by atoms with Gasteiger partial charge in [0.25, 0.3) is 0 Å². The zero-order chi connectivity index (χ0) is 20.6. The molecule has 0 spiro atoms. The zero-order valence-electron chi connectivity index (χ0n) is 18.7. The molecule has 0 radical (unpaired) electrons. The summed E-state index contributed by atoms with van der Waals surface area (Å²) in [7, 11) is 1.98. The van der Waals surface area contributed by atoms with Gasteiger partial charge in [0.05, 0.1) is 0 Å². The molecule has 3 unspecified atom stereocenters. The maximum Gasteiger partial charge on any atom is 0.214 e. The number of aliphatic imine (C=N–C) groups is 1. The number of carbonyl (C=O) groups is 1. The molecule has 2 aliphatic heterocycles. The summed E-state index contributed by atoms with van der Waals surface area (Å²) in [5.74, 6) is 3.23. The van der Waals surface area contributed by atoms with Crippen LogP contribution in [0.2, 0.25) is 6.32 Å². The summed E-state index contributed by atoms with van der Waals surface area (Å²) in [4.78, 5) is 19.0. The van der Waals surface area contributed by atoms with Crippen LogP contribution in [0.5, 0.6) is 0 Å². The molecule has 0 aromatic heterocycles. The quantitative estimate of drug-likeness (QED) is 0.483. The van der Waals surface area contributed by atoms with Crippen LogP contribution in [-0.4, -0.2) is 44.0 Å². The molecule has 3 atom stereocenters. The predicted molar refractivity (Wildman–Crippen MR) is 126 cm³/mol. The molecule has 4 heteroatoms. The van der Waals surface area contributed by atoms with Crippen molar-refractivity contribution in [2.75, 3.05) is 19.6 Å². The molecule has 1 saturated carbocycles. The van der Waals surface area contributed by atoms with E-state index in [1.165, 1.54) is 69.9 Å². The Hall–Kier alpha value is -1.32. The normalized spacial score (nSPS) is 29.9. The highest BCUT2D eigenvalue weighted by atomic mass is 16.2. The van der Waals surface area contributed by atoms with Crippen LogP contribution in [0.4, 0.5) is 0 Å². The molecule has 0 aromatic rings. The molecule has 0 aromatic carbocycles. The fourth-order valence-corrected chi connectivity index (χ4v) is 5.86.